The van der Waals surface area contributed by atoms with E-state index < -0.39 is 6.04 Å². The van der Waals surface area contributed by atoms with Crippen molar-refractivity contribution in [3.63, 3.8) is 0 Å². The second-order valence-corrected chi connectivity index (χ2v) is 8.05. The van der Waals surface area contributed by atoms with Gasteiger partial charge in [0.15, 0.2) is 0 Å². The van der Waals surface area contributed by atoms with Crippen molar-refractivity contribution < 1.29 is 19.1 Å². The summed E-state index contributed by atoms with van der Waals surface area (Å²) in [5.41, 5.74) is 0.927. The van der Waals surface area contributed by atoms with Gasteiger partial charge in [-0.3, -0.25) is 9.59 Å². The Morgan fingerprint density at radius 2 is 1.61 bits per heavy atom. The number of hydrogen-bond acceptors (Lipinski definition) is 4. The Hall–Kier alpha value is -2.73. The number of hydrogen-bond donors (Lipinski definition) is 1. The second kappa shape index (κ2) is 12.2. The molecular formula is C24H31ClN2O4. The number of amides is 2. The van der Waals surface area contributed by atoms with Gasteiger partial charge in [-0.25, -0.2) is 0 Å². The molecule has 0 aliphatic carbocycles. The average molecular weight is 447 g/mol. The summed E-state index contributed by atoms with van der Waals surface area (Å²) in [6, 6.07) is 14.0. The van der Waals surface area contributed by atoms with Crippen molar-refractivity contribution in [3.05, 3.63) is 59.1 Å². The van der Waals surface area contributed by atoms with Gasteiger partial charge in [0.25, 0.3) is 0 Å². The number of carbonyl (C=O) groups is 2. The molecule has 0 aromatic heterocycles. The van der Waals surface area contributed by atoms with Crippen molar-refractivity contribution in [2.45, 2.75) is 52.2 Å². The maximum atomic E-state index is 13.0. The Morgan fingerprint density at radius 3 is 2.19 bits per heavy atom. The van der Waals surface area contributed by atoms with Crippen LogP contribution < -0.4 is 14.8 Å². The van der Waals surface area contributed by atoms with E-state index in [0.717, 1.165) is 11.3 Å². The van der Waals surface area contributed by atoms with E-state index in [1.165, 1.54) is 0 Å². The summed E-state index contributed by atoms with van der Waals surface area (Å²) in [5.74, 6) is 1.18. The van der Waals surface area contributed by atoms with Crippen molar-refractivity contribution >= 4 is 23.4 Å². The number of methoxy groups -OCH3 is 1. The molecule has 0 radical (unpaired) electrons. The Labute approximate surface area is 189 Å². The first-order valence-corrected chi connectivity index (χ1v) is 10.8. The minimum absolute atomic E-state index is 0.000615. The molecule has 0 bridgehead atoms. The van der Waals surface area contributed by atoms with Crippen molar-refractivity contribution in [3.8, 4) is 11.5 Å². The van der Waals surface area contributed by atoms with E-state index >= 15 is 0 Å². The van der Waals surface area contributed by atoms with Crippen LogP contribution in [0, 0.1) is 0 Å². The first kappa shape index (κ1) is 24.5. The van der Waals surface area contributed by atoms with Crippen LogP contribution in [0.1, 0.15) is 39.2 Å². The molecule has 0 fully saturated rings. The minimum atomic E-state index is -0.589. The van der Waals surface area contributed by atoms with E-state index in [-0.39, 0.29) is 24.3 Å². The molecule has 0 spiro atoms. The van der Waals surface area contributed by atoms with Crippen LogP contribution in [0.5, 0.6) is 11.5 Å². The van der Waals surface area contributed by atoms with E-state index in [2.05, 4.69) is 5.32 Å². The quantitative estimate of drug-likeness (QED) is 0.518. The van der Waals surface area contributed by atoms with Gasteiger partial charge in [-0.15, -0.1) is 0 Å². The number of halogens is 1. The first-order valence-electron chi connectivity index (χ1n) is 10.4. The molecule has 2 aromatic rings. The van der Waals surface area contributed by atoms with Crippen molar-refractivity contribution in [1.29, 1.82) is 0 Å². The predicted octanol–water partition coefficient (Wildman–Crippen LogP) is 4.45. The fourth-order valence-corrected chi connectivity index (χ4v) is 3.13. The zero-order valence-electron chi connectivity index (χ0n) is 18.6. The molecule has 1 N–H and O–H groups in total. The summed E-state index contributed by atoms with van der Waals surface area (Å²) >= 11 is 5.87. The van der Waals surface area contributed by atoms with Gasteiger partial charge >= 0.3 is 0 Å². The molecule has 6 nitrogen and oxygen atoms in total. The second-order valence-electron chi connectivity index (χ2n) is 7.61. The minimum Gasteiger partial charge on any atom is -0.497 e. The summed E-state index contributed by atoms with van der Waals surface area (Å²) in [7, 11) is 1.61. The molecule has 0 aliphatic rings. The van der Waals surface area contributed by atoms with E-state index in [0.29, 0.717) is 30.3 Å². The smallest absolute Gasteiger partial charge is 0.242 e. The van der Waals surface area contributed by atoms with Gasteiger partial charge < -0.3 is 19.7 Å². The average Bonchev–Trinajstić information content (AvgIpc) is 2.75. The first-order chi connectivity index (χ1) is 14.8. The molecule has 2 rings (SSSR count). The lowest BCUT2D eigenvalue weighted by Crippen LogP contribution is -2.49. The monoisotopic (exact) mass is 446 g/mol. The zero-order chi connectivity index (χ0) is 22.8. The van der Waals surface area contributed by atoms with Crippen molar-refractivity contribution in [2.24, 2.45) is 0 Å². The Balaban J connectivity index is 2.00. The molecule has 168 valence electrons. The molecule has 1 atom stereocenters. The van der Waals surface area contributed by atoms with Crippen molar-refractivity contribution in [2.75, 3.05) is 13.7 Å². The summed E-state index contributed by atoms with van der Waals surface area (Å²) in [6.45, 7) is 6.29. The van der Waals surface area contributed by atoms with Crippen LogP contribution in [0.15, 0.2) is 48.5 Å². The molecule has 31 heavy (non-hydrogen) atoms. The van der Waals surface area contributed by atoms with Crippen LogP contribution in [0.3, 0.4) is 0 Å². The van der Waals surface area contributed by atoms with Crippen molar-refractivity contribution in [1.82, 2.24) is 10.2 Å². The van der Waals surface area contributed by atoms with Gasteiger partial charge in [-0.05, 0) is 69.2 Å². The Bertz CT molecular complexity index is 838. The summed E-state index contributed by atoms with van der Waals surface area (Å²) in [4.78, 5) is 27.2. The van der Waals surface area contributed by atoms with Gasteiger partial charge in [0.05, 0.1) is 13.7 Å². The summed E-state index contributed by atoms with van der Waals surface area (Å²) in [6.07, 6.45) is 0.822. The molecule has 2 aromatic carbocycles. The molecule has 2 amide bonds. The number of nitrogens with one attached hydrogen (secondary N) is 1. The third-order valence-electron chi connectivity index (χ3n) is 4.73. The van der Waals surface area contributed by atoms with Crippen LogP contribution in [0.2, 0.25) is 5.02 Å². The van der Waals surface area contributed by atoms with E-state index in [9.17, 15) is 9.59 Å². The lowest BCUT2D eigenvalue weighted by atomic mass is 10.1. The maximum absolute atomic E-state index is 13.0. The summed E-state index contributed by atoms with van der Waals surface area (Å²) < 4.78 is 10.9. The van der Waals surface area contributed by atoms with Gasteiger partial charge in [0.2, 0.25) is 11.8 Å². The van der Waals surface area contributed by atoms with Crippen LogP contribution >= 0.6 is 11.6 Å². The number of rotatable bonds is 11. The highest BCUT2D eigenvalue weighted by Crippen LogP contribution is 2.18. The van der Waals surface area contributed by atoms with Gasteiger partial charge in [0.1, 0.15) is 17.5 Å². The molecular weight excluding hydrogens is 416 g/mol. The highest BCUT2D eigenvalue weighted by molar-refractivity contribution is 6.30. The summed E-state index contributed by atoms with van der Waals surface area (Å²) in [5, 5.41) is 3.53. The maximum Gasteiger partial charge on any atom is 0.242 e. The van der Waals surface area contributed by atoms with E-state index in [1.807, 2.05) is 38.1 Å². The Kier molecular flexibility index (Phi) is 9.66. The number of carbonyl (C=O) groups excluding carboxylic acids is 2. The predicted molar refractivity (Wildman–Crippen MR) is 122 cm³/mol. The Morgan fingerprint density at radius 1 is 1.00 bits per heavy atom. The highest BCUT2D eigenvalue weighted by atomic mass is 35.5. The van der Waals surface area contributed by atoms with Gasteiger partial charge in [-0.1, -0.05) is 23.7 Å². The van der Waals surface area contributed by atoms with E-state index in [1.54, 1.807) is 43.2 Å². The number of nitrogens with zero attached hydrogens (tertiary/aromatic N) is 1. The lowest BCUT2D eigenvalue weighted by molar-refractivity contribution is -0.141. The fraction of sp³-hybridized carbons (Fsp3) is 0.417. The van der Waals surface area contributed by atoms with Crippen LogP contribution in [0.25, 0.3) is 0 Å². The molecule has 0 unspecified atom stereocenters. The fourth-order valence-electron chi connectivity index (χ4n) is 3.00. The van der Waals surface area contributed by atoms with Crippen LogP contribution in [-0.4, -0.2) is 42.5 Å². The number of ether oxygens (including phenoxy) is 2. The molecule has 0 saturated heterocycles. The molecule has 0 aliphatic heterocycles. The SMILES string of the molecule is COc1ccc(CN(C(=O)CCCOc2ccc(Cl)cc2)[C@H](C)C(=O)NC(C)C)cc1. The molecule has 0 saturated carbocycles. The van der Waals surface area contributed by atoms with E-state index in [4.69, 9.17) is 21.1 Å². The van der Waals surface area contributed by atoms with Crippen LogP contribution in [-0.2, 0) is 16.1 Å². The normalized spacial score (nSPS) is 11.7. The third kappa shape index (κ3) is 8.13. The lowest BCUT2D eigenvalue weighted by Gasteiger charge is -2.29. The number of benzene rings is 2. The molecule has 7 heteroatoms. The van der Waals surface area contributed by atoms with Gasteiger partial charge in [0, 0.05) is 24.0 Å². The standard InChI is InChI=1S/C24H31ClN2O4/c1-17(2)26-24(29)18(3)27(16-19-7-11-21(30-4)12-8-19)23(28)6-5-15-31-22-13-9-20(25)10-14-22/h7-14,17-18H,5-6,15-16H2,1-4H3,(H,26,29)/t18-/m1/s1. The molecule has 0 heterocycles. The topological polar surface area (TPSA) is 67.9 Å². The largest absolute Gasteiger partial charge is 0.497 e. The third-order valence-corrected chi connectivity index (χ3v) is 4.98. The zero-order valence-corrected chi connectivity index (χ0v) is 19.3. The van der Waals surface area contributed by atoms with Crippen LogP contribution in [0.4, 0.5) is 0 Å². The van der Waals surface area contributed by atoms with Gasteiger partial charge in [-0.2, -0.15) is 0 Å². The highest BCUT2D eigenvalue weighted by Gasteiger charge is 2.26.